The first-order chi connectivity index (χ1) is 11.8. The molecule has 2 nitrogen and oxygen atoms in total. The van der Waals surface area contributed by atoms with Gasteiger partial charge in [0.05, 0.1) is 14.2 Å². The highest BCUT2D eigenvalue weighted by atomic mass is 16.5. The standard InChI is InChI=1S/C22H24O2/c1-4-8-19-20-14-17(13-16-9-6-5-7-10-16)11-12-18(20)15-21(23-2)22(19)24-3/h5-7,9-12,14-15H,4,8,13H2,1-3H3. The summed E-state index contributed by atoms with van der Waals surface area (Å²) < 4.78 is 11.2. The fraction of sp³-hybridized carbons (Fsp3) is 0.273. The summed E-state index contributed by atoms with van der Waals surface area (Å²) in [6.45, 7) is 2.19. The van der Waals surface area contributed by atoms with Crippen molar-refractivity contribution in [3.05, 3.63) is 71.3 Å². The number of hydrogen-bond acceptors (Lipinski definition) is 2. The Hall–Kier alpha value is -2.48. The molecule has 0 heterocycles. The zero-order valence-corrected chi connectivity index (χ0v) is 14.6. The van der Waals surface area contributed by atoms with Crippen LogP contribution in [0.25, 0.3) is 10.8 Å². The molecule has 0 saturated heterocycles. The SMILES string of the molecule is CCCc1c(OC)c(OC)cc2ccc(Cc3ccccc3)cc12. The molecule has 0 radical (unpaired) electrons. The minimum absolute atomic E-state index is 0.809. The third-order valence-corrected chi connectivity index (χ3v) is 4.40. The van der Waals surface area contributed by atoms with Gasteiger partial charge in [-0.05, 0) is 40.8 Å². The Morgan fingerprint density at radius 1 is 0.833 bits per heavy atom. The van der Waals surface area contributed by atoms with Gasteiger partial charge in [-0.15, -0.1) is 0 Å². The zero-order valence-electron chi connectivity index (χ0n) is 14.6. The van der Waals surface area contributed by atoms with E-state index in [2.05, 4.69) is 61.5 Å². The lowest BCUT2D eigenvalue weighted by Gasteiger charge is -2.16. The zero-order chi connectivity index (χ0) is 16.9. The van der Waals surface area contributed by atoms with E-state index in [1.54, 1.807) is 14.2 Å². The van der Waals surface area contributed by atoms with Crippen LogP contribution in [0.2, 0.25) is 0 Å². The number of benzene rings is 3. The molecule has 0 aliphatic heterocycles. The van der Waals surface area contributed by atoms with Gasteiger partial charge in [0.2, 0.25) is 0 Å². The molecule has 0 aliphatic carbocycles. The second kappa shape index (κ2) is 7.39. The minimum Gasteiger partial charge on any atom is -0.493 e. The summed E-state index contributed by atoms with van der Waals surface area (Å²) in [5, 5.41) is 2.47. The van der Waals surface area contributed by atoms with Crippen LogP contribution in [-0.2, 0) is 12.8 Å². The van der Waals surface area contributed by atoms with Crippen LogP contribution in [0.5, 0.6) is 11.5 Å². The van der Waals surface area contributed by atoms with Gasteiger partial charge in [-0.2, -0.15) is 0 Å². The van der Waals surface area contributed by atoms with Crippen LogP contribution in [0.15, 0.2) is 54.6 Å². The van der Waals surface area contributed by atoms with Crippen molar-refractivity contribution in [1.82, 2.24) is 0 Å². The van der Waals surface area contributed by atoms with E-state index in [-0.39, 0.29) is 0 Å². The summed E-state index contributed by atoms with van der Waals surface area (Å²) in [7, 11) is 3.42. The van der Waals surface area contributed by atoms with E-state index in [0.29, 0.717) is 0 Å². The van der Waals surface area contributed by atoms with Crippen LogP contribution in [0.1, 0.15) is 30.0 Å². The maximum atomic E-state index is 5.66. The van der Waals surface area contributed by atoms with Crippen molar-refractivity contribution < 1.29 is 9.47 Å². The first-order valence-electron chi connectivity index (χ1n) is 8.47. The summed E-state index contributed by atoms with van der Waals surface area (Å²) in [6, 6.07) is 19.3. The molecule has 24 heavy (non-hydrogen) atoms. The van der Waals surface area contributed by atoms with Gasteiger partial charge < -0.3 is 9.47 Å². The number of rotatable bonds is 6. The van der Waals surface area contributed by atoms with Gasteiger partial charge in [-0.1, -0.05) is 61.9 Å². The lowest BCUT2D eigenvalue weighted by Crippen LogP contribution is -1.98. The van der Waals surface area contributed by atoms with E-state index in [4.69, 9.17) is 9.47 Å². The largest absolute Gasteiger partial charge is 0.493 e. The molecule has 0 aliphatic rings. The summed E-state index contributed by atoms with van der Waals surface area (Å²) in [4.78, 5) is 0. The number of ether oxygens (including phenoxy) is 2. The number of hydrogen-bond donors (Lipinski definition) is 0. The molecule has 0 atom stereocenters. The Morgan fingerprint density at radius 3 is 2.29 bits per heavy atom. The summed E-state index contributed by atoms with van der Waals surface area (Å²) in [5.41, 5.74) is 3.89. The number of aryl methyl sites for hydroxylation is 1. The second-order valence-electron chi connectivity index (χ2n) is 6.06. The molecule has 0 saturated carbocycles. The summed E-state index contributed by atoms with van der Waals surface area (Å²) in [5.74, 6) is 1.67. The molecule has 0 aromatic heterocycles. The topological polar surface area (TPSA) is 18.5 Å². The predicted octanol–water partition coefficient (Wildman–Crippen LogP) is 5.40. The molecule has 0 bridgehead atoms. The predicted molar refractivity (Wildman–Crippen MR) is 100 cm³/mol. The smallest absolute Gasteiger partial charge is 0.164 e. The van der Waals surface area contributed by atoms with Gasteiger partial charge >= 0.3 is 0 Å². The molecule has 3 rings (SSSR count). The van der Waals surface area contributed by atoms with Crippen LogP contribution in [0, 0.1) is 0 Å². The Kier molecular flexibility index (Phi) is 5.05. The van der Waals surface area contributed by atoms with E-state index in [1.807, 2.05) is 0 Å². The second-order valence-corrected chi connectivity index (χ2v) is 6.06. The van der Waals surface area contributed by atoms with Crippen LogP contribution < -0.4 is 9.47 Å². The molecular weight excluding hydrogens is 296 g/mol. The van der Waals surface area contributed by atoms with Gasteiger partial charge in [-0.3, -0.25) is 0 Å². The molecule has 0 fully saturated rings. The Labute approximate surface area is 144 Å². The van der Waals surface area contributed by atoms with Crippen LogP contribution in [-0.4, -0.2) is 14.2 Å². The first-order valence-corrected chi connectivity index (χ1v) is 8.47. The third-order valence-electron chi connectivity index (χ3n) is 4.40. The maximum Gasteiger partial charge on any atom is 0.164 e. The first kappa shape index (κ1) is 16.4. The molecule has 124 valence electrons. The van der Waals surface area contributed by atoms with Gasteiger partial charge in [0.15, 0.2) is 11.5 Å². The fourth-order valence-electron chi connectivity index (χ4n) is 3.28. The summed E-state index contributed by atoms with van der Waals surface area (Å²) >= 11 is 0. The van der Waals surface area contributed by atoms with E-state index >= 15 is 0 Å². The van der Waals surface area contributed by atoms with E-state index in [9.17, 15) is 0 Å². The van der Waals surface area contributed by atoms with Crippen molar-refractivity contribution in [2.75, 3.05) is 14.2 Å². The van der Waals surface area contributed by atoms with Gasteiger partial charge in [0, 0.05) is 5.56 Å². The molecular formula is C22H24O2. The van der Waals surface area contributed by atoms with Crippen molar-refractivity contribution in [3.63, 3.8) is 0 Å². The van der Waals surface area contributed by atoms with E-state index in [1.165, 1.54) is 27.5 Å². The molecule has 0 amide bonds. The normalized spacial score (nSPS) is 10.8. The average molecular weight is 320 g/mol. The third kappa shape index (κ3) is 3.23. The minimum atomic E-state index is 0.809. The van der Waals surface area contributed by atoms with Gasteiger partial charge in [-0.25, -0.2) is 0 Å². The van der Waals surface area contributed by atoms with Crippen molar-refractivity contribution in [3.8, 4) is 11.5 Å². The average Bonchev–Trinajstić information content (AvgIpc) is 2.62. The van der Waals surface area contributed by atoms with Crippen molar-refractivity contribution in [1.29, 1.82) is 0 Å². The van der Waals surface area contributed by atoms with E-state index < -0.39 is 0 Å². The Bertz CT molecular complexity index is 822. The lowest BCUT2D eigenvalue weighted by atomic mass is 9.95. The van der Waals surface area contributed by atoms with Crippen LogP contribution >= 0.6 is 0 Å². The highest BCUT2D eigenvalue weighted by Crippen LogP contribution is 2.38. The number of methoxy groups -OCH3 is 2. The molecule has 0 unspecified atom stereocenters. The van der Waals surface area contributed by atoms with E-state index in [0.717, 1.165) is 30.8 Å². The van der Waals surface area contributed by atoms with Crippen molar-refractivity contribution >= 4 is 10.8 Å². The molecule has 0 spiro atoms. The highest BCUT2D eigenvalue weighted by molar-refractivity contribution is 5.90. The van der Waals surface area contributed by atoms with Crippen molar-refractivity contribution in [2.24, 2.45) is 0 Å². The molecule has 3 aromatic carbocycles. The molecule has 3 aromatic rings. The van der Waals surface area contributed by atoms with Gasteiger partial charge in [0.1, 0.15) is 0 Å². The summed E-state index contributed by atoms with van der Waals surface area (Å²) in [6.07, 6.45) is 2.99. The number of fused-ring (bicyclic) bond motifs is 1. The highest BCUT2D eigenvalue weighted by Gasteiger charge is 2.14. The molecule has 2 heteroatoms. The Balaban J connectivity index is 2.11. The van der Waals surface area contributed by atoms with Gasteiger partial charge in [0.25, 0.3) is 0 Å². The van der Waals surface area contributed by atoms with Crippen molar-refractivity contribution in [2.45, 2.75) is 26.2 Å². The fourth-order valence-corrected chi connectivity index (χ4v) is 3.28. The monoisotopic (exact) mass is 320 g/mol. The quantitative estimate of drug-likeness (QED) is 0.605. The van der Waals surface area contributed by atoms with Crippen LogP contribution in [0.3, 0.4) is 0 Å². The molecule has 0 N–H and O–H groups in total. The lowest BCUT2D eigenvalue weighted by molar-refractivity contribution is 0.352. The Morgan fingerprint density at radius 2 is 1.62 bits per heavy atom. The van der Waals surface area contributed by atoms with Crippen LogP contribution in [0.4, 0.5) is 0 Å². The maximum absolute atomic E-state index is 5.66.